The van der Waals surface area contributed by atoms with Gasteiger partial charge in [0, 0.05) is 29.2 Å². The molecular weight excluding hydrogens is 599 g/mol. The highest BCUT2D eigenvalue weighted by molar-refractivity contribution is 5.93. The predicted octanol–water partition coefficient (Wildman–Crippen LogP) is 6.56. The average molecular weight is 628 g/mol. The molecule has 1 aliphatic rings. The van der Waals surface area contributed by atoms with Crippen LogP contribution in [0, 0.1) is 41.1 Å². The van der Waals surface area contributed by atoms with Gasteiger partial charge in [-0.25, -0.2) is 27.9 Å². The van der Waals surface area contributed by atoms with Gasteiger partial charge in [-0.15, -0.1) is 0 Å². The lowest BCUT2D eigenvalue weighted by Crippen LogP contribution is -2.27. The number of carboxylic acid groups (broad SMARTS) is 1. The van der Waals surface area contributed by atoms with Crippen LogP contribution >= 0.6 is 0 Å². The SMILES string of the molecule is Cc1cc(Cc2nc3c(F)cc(C(=O)O)cc3n2[C@@H]2COCC2(C)C)c(F)cc1-c1ccnc(OCc2ccc(C#N)cc2F)n1. The third-order valence-electron chi connectivity index (χ3n) is 8.22. The first kappa shape index (κ1) is 30.7. The summed E-state index contributed by atoms with van der Waals surface area (Å²) in [6.45, 7) is 6.36. The second-order valence-electron chi connectivity index (χ2n) is 11.9. The summed E-state index contributed by atoms with van der Waals surface area (Å²) < 4.78 is 58.3. The van der Waals surface area contributed by atoms with Crippen LogP contribution in [0.1, 0.15) is 58.3 Å². The number of imidazole rings is 1. The van der Waals surface area contributed by atoms with Gasteiger partial charge >= 0.3 is 12.0 Å². The highest BCUT2D eigenvalue weighted by atomic mass is 19.1. The Kier molecular flexibility index (Phi) is 7.96. The van der Waals surface area contributed by atoms with Crippen LogP contribution in [0.2, 0.25) is 0 Å². The standard InChI is InChI=1S/C34H28F3N5O4/c1-18-8-21(12-30-41-31-26(37)10-22(32(43)44)11-28(31)42(30)29-16-45-17-34(29,2)3)25(36)13-23(18)27-6-7-39-33(40-27)46-15-20-5-4-19(14-38)9-24(20)35/h4-11,13,29H,12,15-17H2,1-3H3,(H,43,44)/t29-/m1/s1. The highest BCUT2D eigenvalue weighted by Crippen LogP contribution is 2.41. The summed E-state index contributed by atoms with van der Waals surface area (Å²) in [7, 11) is 0. The minimum Gasteiger partial charge on any atom is -0.478 e. The lowest BCUT2D eigenvalue weighted by atomic mass is 9.87. The Morgan fingerprint density at radius 2 is 1.87 bits per heavy atom. The van der Waals surface area contributed by atoms with Crippen molar-refractivity contribution in [3.05, 3.63) is 106 Å². The van der Waals surface area contributed by atoms with Crippen LogP contribution in [0.25, 0.3) is 22.3 Å². The third kappa shape index (κ3) is 5.77. The van der Waals surface area contributed by atoms with Crippen molar-refractivity contribution in [2.45, 2.75) is 39.8 Å². The predicted molar refractivity (Wildman–Crippen MR) is 161 cm³/mol. The molecule has 0 unspecified atom stereocenters. The smallest absolute Gasteiger partial charge is 0.335 e. The van der Waals surface area contributed by atoms with Crippen LogP contribution < -0.4 is 4.74 Å². The fourth-order valence-corrected chi connectivity index (χ4v) is 5.74. The number of carboxylic acids is 1. The molecule has 5 aromatic rings. The zero-order chi connectivity index (χ0) is 32.7. The molecule has 0 saturated carbocycles. The second kappa shape index (κ2) is 11.9. The van der Waals surface area contributed by atoms with Gasteiger partial charge in [-0.3, -0.25) is 0 Å². The molecule has 0 amide bonds. The van der Waals surface area contributed by atoms with Gasteiger partial charge in [0.2, 0.25) is 0 Å². The normalized spacial score (nSPS) is 15.6. The van der Waals surface area contributed by atoms with E-state index in [1.807, 2.05) is 19.9 Å². The summed E-state index contributed by atoms with van der Waals surface area (Å²) in [6.07, 6.45) is 1.45. The molecule has 0 spiro atoms. The number of halogens is 3. The zero-order valence-corrected chi connectivity index (χ0v) is 25.1. The number of nitriles is 1. The van der Waals surface area contributed by atoms with Crippen molar-refractivity contribution in [2.75, 3.05) is 13.2 Å². The monoisotopic (exact) mass is 627 g/mol. The maximum absolute atomic E-state index is 15.8. The number of hydrogen-bond acceptors (Lipinski definition) is 7. The summed E-state index contributed by atoms with van der Waals surface area (Å²) in [6, 6.07) is 12.5. The van der Waals surface area contributed by atoms with Crippen molar-refractivity contribution in [1.29, 1.82) is 5.26 Å². The van der Waals surface area contributed by atoms with E-state index in [1.54, 1.807) is 23.6 Å². The van der Waals surface area contributed by atoms with Crippen molar-refractivity contribution in [3.63, 3.8) is 0 Å². The number of carbonyl (C=O) groups is 1. The molecule has 1 aliphatic heterocycles. The van der Waals surface area contributed by atoms with E-state index in [-0.39, 0.29) is 52.7 Å². The lowest BCUT2D eigenvalue weighted by molar-refractivity contribution is 0.0696. The molecule has 12 heteroatoms. The van der Waals surface area contributed by atoms with Gasteiger partial charge in [-0.05, 0) is 54.4 Å². The Morgan fingerprint density at radius 1 is 1.09 bits per heavy atom. The summed E-state index contributed by atoms with van der Waals surface area (Å²) in [5, 5.41) is 18.5. The summed E-state index contributed by atoms with van der Waals surface area (Å²) in [5.41, 5.74) is 1.98. The molecule has 3 heterocycles. The first-order valence-electron chi connectivity index (χ1n) is 14.4. The Morgan fingerprint density at radius 3 is 2.57 bits per heavy atom. The van der Waals surface area contributed by atoms with E-state index in [0.29, 0.717) is 46.9 Å². The molecule has 1 saturated heterocycles. The fraction of sp³-hybridized carbons (Fsp3) is 0.265. The quantitative estimate of drug-likeness (QED) is 0.205. The van der Waals surface area contributed by atoms with Crippen LogP contribution in [0.4, 0.5) is 13.2 Å². The fourth-order valence-electron chi connectivity index (χ4n) is 5.74. The Balaban J connectivity index is 1.32. The van der Waals surface area contributed by atoms with Gasteiger partial charge in [-0.1, -0.05) is 26.0 Å². The van der Waals surface area contributed by atoms with Gasteiger partial charge in [0.05, 0.1) is 47.7 Å². The Bertz CT molecular complexity index is 2050. The largest absolute Gasteiger partial charge is 0.478 e. The minimum absolute atomic E-state index is 0.00431. The molecule has 0 aliphatic carbocycles. The van der Waals surface area contributed by atoms with E-state index in [9.17, 15) is 14.3 Å². The summed E-state index contributed by atoms with van der Waals surface area (Å²) >= 11 is 0. The molecule has 2 aromatic heterocycles. The number of hydrogen-bond donors (Lipinski definition) is 1. The molecular formula is C34H28F3N5O4. The van der Waals surface area contributed by atoms with Gasteiger partial charge < -0.3 is 19.1 Å². The van der Waals surface area contributed by atoms with Crippen LogP contribution in [-0.2, 0) is 17.8 Å². The second-order valence-corrected chi connectivity index (χ2v) is 11.9. The van der Waals surface area contributed by atoms with Crippen molar-refractivity contribution in [3.8, 4) is 23.3 Å². The van der Waals surface area contributed by atoms with Crippen LogP contribution in [-0.4, -0.2) is 43.8 Å². The minimum atomic E-state index is -1.27. The lowest BCUT2D eigenvalue weighted by Gasteiger charge is -2.28. The van der Waals surface area contributed by atoms with Gasteiger partial charge in [-0.2, -0.15) is 10.2 Å². The number of fused-ring (bicyclic) bond motifs is 1. The van der Waals surface area contributed by atoms with E-state index in [1.165, 1.54) is 30.5 Å². The molecule has 3 aromatic carbocycles. The summed E-state index contributed by atoms with van der Waals surface area (Å²) in [4.78, 5) is 24.7. The Labute approximate surface area is 261 Å². The van der Waals surface area contributed by atoms with Crippen LogP contribution in [0.5, 0.6) is 6.01 Å². The molecule has 1 N–H and O–H groups in total. The molecule has 1 atom stereocenters. The number of rotatable bonds is 8. The van der Waals surface area contributed by atoms with E-state index < -0.39 is 23.4 Å². The van der Waals surface area contributed by atoms with Crippen LogP contribution in [0.3, 0.4) is 0 Å². The van der Waals surface area contributed by atoms with E-state index in [2.05, 4.69) is 15.0 Å². The maximum atomic E-state index is 15.8. The molecule has 234 valence electrons. The van der Waals surface area contributed by atoms with Gasteiger partial charge in [0.25, 0.3) is 0 Å². The average Bonchev–Trinajstić information content (AvgIpc) is 3.56. The van der Waals surface area contributed by atoms with Crippen LogP contribution in [0.15, 0.2) is 54.7 Å². The molecule has 0 radical (unpaired) electrons. The molecule has 46 heavy (non-hydrogen) atoms. The Hall–Kier alpha value is -5.28. The molecule has 6 rings (SSSR count). The van der Waals surface area contributed by atoms with Gasteiger partial charge in [0.1, 0.15) is 29.6 Å². The number of benzene rings is 3. The first-order chi connectivity index (χ1) is 21.9. The number of aromatic nitrogens is 4. The third-order valence-corrected chi connectivity index (χ3v) is 8.22. The molecule has 9 nitrogen and oxygen atoms in total. The van der Waals surface area contributed by atoms with Crippen molar-refractivity contribution in [2.24, 2.45) is 5.41 Å². The van der Waals surface area contributed by atoms with Gasteiger partial charge in [0.15, 0.2) is 5.82 Å². The number of aryl methyl sites for hydroxylation is 1. The maximum Gasteiger partial charge on any atom is 0.335 e. The van der Waals surface area contributed by atoms with Crippen molar-refractivity contribution < 1.29 is 32.5 Å². The van der Waals surface area contributed by atoms with E-state index in [4.69, 9.17) is 14.7 Å². The molecule has 0 bridgehead atoms. The van der Waals surface area contributed by atoms with E-state index in [0.717, 1.165) is 12.1 Å². The zero-order valence-electron chi connectivity index (χ0n) is 25.1. The topological polar surface area (TPSA) is 123 Å². The number of aromatic carboxylic acids is 1. The molecule has 1 fully saturated rings. The number of nitrogens with zero attached hydrogens (tertiary/aromatic N) is 5. The highest BCUT2D eigenvalue weighted by Gasteiger charge is 2.39. The van der Waals surface area contributed by atoms with Crippen molar-refractivity contribution >= 4 is 17.0 Å². The van der Waals surface area contributed by atoms with E-state index >= 15 is 8.78 Å². The first-order valence-corrected chi connectivity index (χ1v) is 14.4. The van der Waals surface area contributed by atoms with Crippen molar-refractivity contribution in [1.82, 2.24) is 19.5 Å². The summed E-state index contributed by atoms with van der Waals surface area (Å²) in [5.74, 6) is -2.81. The number of ether oxygens (including phenoxy) is 2.